The predicted octanol–water partition coefficient (Wildman–Crippen LogP) is 4.54. The quantitative estimate of drug-likeness (QED) is 0.784. The molecule has 2 rings (SSSR count). The molecule has 126 valence electrons. The first-order chi connectivity index (χ1) is 9.50. The van der Waals surface area contributed by atoms with Crippen LogP contribution in [0.25, 0.3) is 0 Å². The molecule has 6 heteroatoms. The van der Waals surface area contributed by atoms with Gasteiger partial charge in [-0.15, -0.1) is 31.4 Å². The van der Waals surface area contributed by atoms with Crippen molar-refractivity contribution in [1.29, 1.82) is 0 Å². The fraction of sp³-hybridized carbons (Fsp3) is 0.500. The molecule has 0 bridgehead atoms. The zero-order valence-corrected chi connectivity index (χ0v) is 15.4. The summed E-state index contributed by atoms with van der Waals surface area (Å²) >= 11 is 6.38. The second kappa shape index (κ2) is 9.74. The minimum absolute atomic E-state index is 0. The first kappa shape index (κ1) is 21.7. The molecule has 2 nitrogen and oxygen atoms in total. The van der Waals surface area contributed by atoms with Crippen LogP contribution in [-0.4, -0.2) is 31.1 Å². The second-order valence-corrected chi connectivity index (χ2v) is 5.93. The average Bonchev–Trinajstić information content (AvgIpc) is 2.43. The highest BCUT2D eigenvalue weighted by molar-refractivity contribution is 6.32. The van der Waals surface area contributed by atoms with E-state index in [1.165, 1.54) is 6.07 Å². The molecule has 1 aliphatic heterocycles. The summed E-state index contributed by atoms with van der Waals surface area (Å²) in [6.45, 7) is 11.6. The van der Waals surface area contributed by atoms with Gasteiger partial charge in [0.25, 0.3) is 0 Å². The van der Waals surface area contributed by atoms with Crippen molar-refractivity contribution in [2.75, 3.05) is 26.2 Å². The van der Waals surface area contributed by atoms with Gasteiger partial charge in [0.05, 0.1) is 5.02 Å². The lowest BCUT2D eigenvalue weighted by molar-refractivity contribution is 0.169. The predicted molar refractivity (Wildman–Crippen MR) is 97.3 cm³/mol. The Bertz CT molecular complexity index is 502. The van der Waals surface area contributed by atoms with Crippen LogP contribution in [0.2, 0.25) is 5.02 Å². The van der Waals surface area contributed by atoms with Crippen molar-refractivity contribution in [3.8, 4) is 0 Å². The maximum Gasteiger partial charge on any atom is 0.129 e. The number of aryl methyl sites for hydroxylation is 1. The average molecular weight is 370 g/mol. The fourth-order valence-corrected chi connectivity index (χ4v) is 3.00. The molecule has 0 aromatic heterocycles. The third-order valence-electron chi connectivity index (χ3n) is 3.79. The summed E-state index contributed by atoms with van der Waals surface area (Å²) in [4.78, 5) is 2.30. The normalized spacial score (nSPS) is 16.4. The van der Waals surface area contributed by atoms with Crippen molar-refractivity contribution >= 4 is 36.4 Å². The lowest BCUT2D eigenvalue weighted by atomic mass is 9.96. The van der Waals surface area contributed by atoms with Gasteiger partial charge in [-0.1, -0.05) is 23.2 Å². The highest BCUT2D eigenvalue weighted by Crippen LogP contribution is 2.36. The van der Waals surface area contributed by atoms with Crippen molar-refractivity contribution in [3.63, 3.8) is 0 Å². The minimum Gasteiger partial charge on any atom is -0.314 e. The summed E-state index contributed by atoms with van der Waals surface area (Å²) in [7, 11) is 0. The summed E-state index contributed by atoms with van der Waals surface area (Å²) in [5.41, 5.74) is 2.59. The van der Waals surface area contributed by atoms with Gasteiger partial charge in [0.2, 0.25) is 0 Å². The molecule has 0 aliphatic carbocycles. The van der Waals surface area contributed by atoms with Crippen LogP contribution in [-0.2, 0) is 0 Å². The Labute approximate surface area is 149 Å². The maximum absolute atomic E-state index is 14.3. The van der Waals surface area contributed by atoms with Crippen LogP contribution in [0, 0.1) is 12.7 Å². The number of halogens is 4. The first-order valence-corrected chi connectivity index (χ1v) is 7.42. The molecule has 22 heavy (non-hydrogen) atoms. The van der Waals surface area contributed by atoms with E-state index in [0.29, 0.717) is 10.6 Å². The molecule has 1 heterocycles. The zero-order valence-electron chi connectivity index (χ0n) is 13.0. The van der Waals surface area contributed by atoms with E-state index in [0.717, 1.165) is 43.7 Å². The van der Waals surface area contributed by atoms with Crippen LogP contribution in [0.1, 0.15) is 30.5 Å². The van der Waals surface area contributed by atoms with Crippen molar-refractivity contribution in [2.24, 2.45) is 0 Å². The van der Waals surface area contributed by atoms with Crippen molar-refractivity contribution in [1.82, 2.24) is 10.2 Å². The number of hydrogen-bond donors (Lipinski definition) is 1. The molecule has 1 aliphatic rings. The van der Waals surface area contributed by atoms with Crippen molar-refractivity contribution in [2.45, 2.75) is 26.3 Å². The van der Waals surface area contributed by atoms with Crippen LogP contribution in [0.3, 0.4) is 0 Å². The Kier molecular flexibility index (Phi) is 9.60. The molecule has 1 atom stereocenters. The Balaban J connectivity index is 0.00000220. The van der Waals surface area contributed by atoms with E-state index in [1.807, 2.05) is 13.8 Å². The van der Waals surface area contributed by atoms with E-state index in [-0.39, 0.29) is 36.7 Å². The second-order valence-electron chi connectivity index (χ2n) is 5.55. The molecule has 1 saturated heterocycles. The monoisotopic (exact) mass is 368 g/mol. The number of benzene rings is 1. The lowest BCUT2D eigenvalue weighted by Gasteiger charge is -2.36. The summed E-state index contributed by atoms with van der Waals surface area (Å²) in [6, 6.07) is 3.22. The highest BCUT2D eigenvalue weighted by atomic mass is 35.5. The molecule has 1 fully saturated rings. The van der Waals surface area contributed by atoms with Gasteiger partial charge in [-0.25, -0.2) is 4.39 Å². The van der Waals surface area contributed by atoms with E-state index in [2.05, 4.69) is 16.8 Å². The van der Waals surface area contributed by atoms with Crippen LogP contribution in [0.5, 0.6) is 0 Å². The Hall–Kier alpha value is -0.320. The first-order valence-electron chi connectivity index (χ1n) is 7.04. The van der Waals surface area contributed by atoms with Gasteiger partial charge in [-0.3, -0.25) is 4.90 Å². The summed E-state index contributed by atoms with van der Waals surface area (Å²) < 4.78 is 14.3. The fourth-order valence-electron chi connectivity index (χ4n) is 2.72. The topological polar surface area (TPSA) is 15.3 Å². The van der Waals surface area contributed by atoms with Gasteiger partial charge in [-0.05, 0) is 31.9 Å². The molecule has 0 spiro atoms. The minimum atomic E-state index is -0.217. The van der Waals surface area contributed by atoms with E-state index in [1.54, 1.807) is 6.07 Å². The maximum atomic E-state index is 14.3. The third kappa shape index (κ3) is 5.10. The van der Waals surface area contributed by atoms with Gasteiger partial charge in [-0.2, -0.15) is 0 Å². The van der Waals surface area contributed by atoms with E-state index < -0.39 is 0 Å². The number of nitrogens with zero attached hydrogens (tertiary/aromatic N) is 1. The lowest BCUT2D eigenvalue weighted by Crippen LogP contribution is -2.45. The third-order valence-corrected chi connectivity index (χ3v) is 4.29. The molecule has 0 saturated carbocycles. The SMILES string of the molecule is C=C(C)C[C@@H](c1c(F)ccc(C)c1Cl)N1CCNCC1.Cl.Cl. The summed E-state index contributed by atoms with van der Waals surface area (Å²) in [5, 5.41) is 3.87. The molecular weight excluding hydrogens is 346 g/mol. The van der Waals surface area contributed by atoms with E-state index in [4.69, 9.17) is 11.6 Å². The zero-order chi connectivity index (χ0) is 14.7. The van der Waals surface area contributed by atoms with Crippen LogP contribution >= 0.6 is 36.4 Å². The molecule has 0 amide bonds. The number of rotatable bonds is 4. The Morgan fingerprint density at radius 2 is 1.95 bits per heavy atom. The Morgan fingerprint density at radius 3 is 2.50 bits per heavy atom. The number of hydrogen-bond acceptors (Lipinski definition) is 2. The number of nitrogens with one attached hydrogen (secondary N) is 1. The van der Waals surface area contributed by atoms with Gasteiger partial charge in [0.15, 0.2) is 0 Å². The summed E-state index contributed by atoms with van der Waals surface area (Å²) in [6.07, 6.45) is 0.736. The standard InChI is InChI=1S/C16H22ClFN2.2ClH/c1-11(2)10-14(20-8-6-19-7-9-20)15-13(18)5-4-12(3)16(15)17;;/h4-5,14,19H,1,6-10H2,2-3H3;2*1H/t14-;;/m0../s1. The molecular formula is C16H24Cl3FN2. The van der Waals surface area contributed by atoms with Crippen LogP contribution in [0.4, 0.5) is 4.39 Å². The van der Waals surface area contributed by atoms with Crippen molar-refractivity contribution in [3.05, 3.63) is 46.3 Å². The van der Waals surface area contributed by atoms with E-state index in [9.17, 15) is 4.39 Å². The van der Waals surface area contributed by atoms with Gasteiger partial charge >= 0.3 is 0 Å². The van der Waals surface area contributed by atoms with Crippen LogP contribution < -0.4 is 5.32 Å². The van der Waals surface area contributed by atoms with Crippen molar-refractivity contribution < 1.29 is 4.39 Å². The van der Waals surface area contributed by atoms with Gasteiger partial charge in [0.1, 0.15) is 5.82 Å². The summed E-state index contributed by atoms with van der Waals surface area (Å²) in [5.74, 6) is -0.217. The van der Waals surface area contributed by atoms with Gasteiger partial charge < -0.3 is 5.32 Å². The smallest absolute Gasteiger partial charge is 0.129 e. The van der Waals surface area contributed by atoms with Gasteiger partial charge in [0, 0.05) is 37.8 Å². The number of piperazine rings is 1. The molecule has 0 unspecified atom stereocenters. The largest absolute Gasteiger partial charge is 0.314 e. The van der Waals surface area contributed by atoms with E-state index >= 15 is 0 Å². The molecule has 1 N–H and O–H groups in total. The van der Waals surface area contributed by atoms with Crippen LogP contribution in [0.15, 0.2) is 24.3 Å². The highest BCUT2D eigenvalue weighted by Gasteiger charge is 2.27. The Morgan fingerprint density at radius 1 is 1.36 bits per heavy atom. The molecule has 0 radical (unpaired) electrons. The molecule has 1 aromatic carbocycles. The molecule has 1 aromatic rings.